The van der Waals surface area contributed by atoms with Gasteiger partial charge in [0, 0.05) is 18.9 Å². The lowest BCUT2D eigenvalue weighted by molar-refractivity contribution is -0.148. The van der Waals surface area contributed by atoms with Gasteiger partial charge in [-0.25, -0.2) is 9.78 Å². The fourth-order valence-corrected chi connectivity index (χ4v) is 1.59. The van der Waals surface area contributed by atoms with Crippen LogP contribution in [0.1, 0.15) is 10.7 Å². The number of thiazole rings is 1. The van der Waals surface area contributed by atoms with Crippen LogP contribution >= 0.6 is 11.3 Å². The first-order chi connectivity index (χ1) is 6.13. The summed E-state index contributed by atoms with van der Waals surface area (Å²) in [6.45, 7) is 1.89. The predicted octanol–water partition coefficient (Wildman–Crippen LogP) is 1.09. The Balaban J connectivity index is 2.61. The van der Waals surface area contributed by atoms with Gasteiger partial charge in [-0.05, 0) is 6.92 Å². The smallest absolute Gasteiger partial charge is 0.333 e. The molecule has 0 aromatic carbocycles. The van der Waals surface area contributed by atoms with Crippen molar-refractivity contribution < 1.29 is 14.6 Å². The van der Waals surface area contributed by atoms with Gasteiger partial charge in [-0.1, -0.05) is 0 Å². The number of hydrogen-bond donors (Lipinski definition) is 1. The second-order valence-electron chi connectivity index (χ2n) is 2.62. The number of hydrogen-bond acceptors (Lipinski definition) is 4. The lowest BCUT2D eigenvalue weighted by Crippen LogP contribution is -2.24. The number of carboxylic acid groups (broad SMARTS) is 1. The van der Waals surface area contributed by atoms with Gasteiger partial charge in [-0.3, -0.25) is 0 Å². The molecule has 13 heavy (non-hydrogen) atoms. The summed E-state index contributed by atoms with van der Waals surface area (Å²) in [6, 6.07) is 0. The van der Waals surface area contributed by atoms with Gasteiger partial charge in [0.2, 0.25) is 0 Å². The van der Waals surface area contributed by atoms with E-state index in [0.29, 0.717) is 6.42 Å². The summed E-state index contributed by atoms with van der Waals surface area (Å²) in [5, 5.41) is 11.5. The number of carboxylic acids is 1. The van der Waals surface area contributed by atoms with E-state index >= 15 is 0 Å². The van der Waals surface area contributed by atoms with Crippen LogP contribution in [0.15, 0.2) is 5.38 Å². The summed E-state index contributed by atoms with van der Waals surface area (Å²) in [5.74, 6) is -0.951. The van der Waals surface area contributed by atoms with E-state index < -0.39 is 12.1 Å². The molecule has 1 N–H and O–H groups in total. The minimum Gasteiger partial charge on any atom is -0.479 e. The van der Waals surface area contributed by atoms with E-state index in [1.54, 1.807) is 0 Å². The Hall–Kier alpha value is -0.940. The molecule has 1 unspecified atom stereocenters. The largest absolute Gasteiger partial charge is 0.479 e. The topological polar surface area (TPSA) is 59.4 Å². The molecular formula is C8H11NO3S. The zero-order valence-corrected chi connectivity index (χ0v) is 8.30. The Bertz CT molecular complexity index is 297. The second-order valence-corrected chi connectivity index (χ2v) is 3.69. The monoisotopic (exact) mass is 201 g/mol. The first-order valence-electron chi connectivity index (χ1n) is 3.80. The molecule has 0 saturated heterocycles. The van der Waals surface area contributed by atoms with Gasteiger partial charge in [-0.2, -0.15) is 0 Å². The molecule has 4 nitrogen and oxygen atoms in total. The molecule has 0 aliphatic rings. The molecule has 0 fully saturated rings. The molecule has 0 amide bonds. The molecule has 1 aromatic rings. The van der Waals surface area contributed by atoms with Crippen LogP contribution in [-0.2, 0) is 16.0 Å². The third kappa shape index (κ3) is 2.78. The average Bonchev–Trinajstić information content (AvgIpc) is 2.46. The van der Waals surface area contributed by atoms with Crippen molar-refractivity contribution in [2.24, 2.45) is 0 Å². The molecule has 0 bridgehead atoms. The van der Waals surface area contributed by atoms with Crippen LogP contribution in [0.3, 0.4) is 0 Å². The number of methoxy groups -OCH3 is 1. The zero-order chi connectivity index (χ0) is 9.84. The maximum Gasteiger partial charge on any atom is 0.333 e. The van der Waals surface area contributed by atoms with Crippen molar-refractivity contribution in [3.63, 3.8) is 0 Å². The predicted molar refractivity (Wildman–Crippen MR) is 49.0 cm³/mol. The van der Waals surface area contributed by atoms with Gasteiger partial charge in [0.25, 0.3) is 0 Å². The van der Waals surface area contributed by atoms with Gasteiger partial charge >= 0.3 is 5.97 Å². The molecule has 1 aromatic heterocycles. The van der Waals surface area contributed by atoms with Gasteiger partial charge in [0.15, 0.2) is 6.10 Å². The van der Waals surface area contributed by atoms with Gasteiger partial charge in [-0.15, -0.1) is 11.3 Å². The summed E-state index contributed by atoms with van der Waals surface area (Å²) in [7, 11) is 1.39. The maximum atomic E-state index is 10.6. The lowest BCUT2D eigenvalue weighted by Gasteiger charge is -2.07. The summed E-state index contributed by atoms with van der Waals surface area (Å²) in [5.41, 5.74) is 0.775. The number of carbonyl (C=O) groups is 1. The Labute approximate surface area is 80.2 Å². The van der Waals surface area contributed by atoms with Crippen LogP contribution < -0.4 is 0 Å². The third-order valence-electron chi connectivity index (χ3n) is 1.62. The Kier molecular flexibility index (Phi) is 3.39. The summed E-state index contributed by atoms with van der Waals surface area (Å²) in [6.07, 6.45) is -0.461. The molecule has 0 spiro atoms. The Morgan fingerprint density at radius 2 is 2.54 bits per heavy atom. The molecule has 1 rings (SSSR count). The molecule has 0 saturated carbocycles. The molecule has 0 aliphatic heterocycles. The van der Waals surface area contributed by atoms with Crippen LogP contribution in [0.4, 0.5) is 0 Å². The van der Waals surface area contributed by atoms with Crippen molar-refractivity contribution in [2.45, 2.75) is 19.4 Å². The van der Waals surface area contributed by atoms with Crippen LogP contribution in [0.2, 0.25) is 0 Å². The highest BCUT2D eigenvalue weighted by molar-refractivity contribution is 7.09. The lowest BCUT2D eigenvalue weighted by atomic mass is 10.2. The quantitative estimate of drug-likeness (QED) is 0.792. The van der Waals surface area contributed by atoms with Gasteiger partial charge < -0.3 is 9.84 Å². The molecular weight excluding hydrogens is 190 g/mol. The first kappa shape index (κ1) is 10.1. The van der Waals surface area contributed by atoms with E-state index in [9.17, 15) is 4.79 Å². The first-order valence-corrected chi connectivity index (χ1v) is 4.68. The second kappa shape index (κ2) is 4.34. The van der Waals surface area contributed by atoms with Crippen LogP contribution in [0, 0.1) is 6.92 Å². The number of aryl methyl sites for hydroxylation is 1. The Morgan fingerprint density at radius 3 is 2.92 bits per heavy atom. The molecule has 1 heterocycles. The minimum atomic E-state index is -0.951. The number of aromatic nitrogens is 1. The average molecular weight is 201 g/mol. The van der Waals surface area contributed by atoms with E-state index in [1.165, 1.54) is 18.4 Å². The summed E-state index contributed by atoms with van der Waals surface area (Å²) in [4.78, 5) is 14.7. The molecule has 0 radical (unpaired) electrons. The molecule has 72 valence electrons. The maximum absolute atomic E-state index is 10.6. The highest BCUT2D eigenvalue weighted by atomic mass is 32.1. The van der Waals surface area contributed by atoms with Crippen LogP contribution in [0.5, 0.6) is 0 Å². The zero-order valence-electron chi connectivity index (χ0n) is 7.48. The normalized spacial score (nSPS) is 12.8. The van der Waals surface area contributed by atoms with Crippen LogP contribution in [0.25, 0.3) is 0 Å². The minimum absolute atomic E-state index is 0.330. The fourth-order valence-electron chi connectivity index (χ4n) is 0.963. The van der Waals surface area contributed by atoms with E-state index in [0.717, 1.165) is 10.7 Å². The molecule has 5 heteroatoms. The highest BCUT2D eigenvalue weighted by Crippen LogP contribution is 2.10. The highest BCUT2D eigenvalue weighted by Gasteiger charge is 2.17. The van der Waals surface area contributed by atoms with Crippen molar-refractivity contribution in [1.82, 2.24) is 4.98 Å². The fraction of sp³-hybridized carbons (Fsp3) is 0.500. The van der Waals surface area contributed by atoms with E-state index in [1.807, 2.05) is 12.3 Å². The number of ether oxygens (including phenoxy) is 1. The number of aliphatic carboxylic acids is 1. The van der Waals surface area contributed by atoms with Gasteiger partial charge in [0.1, 0.15) is 0 Å². The van der Waals surface area contributed by atoms with E-state index in [-0.39, 0.29) is 0 Å². The summed E-state index contributed by atoms with van der Waals surface area (Å²) < 4.78 is 4.79. The Morgan fingerprint density at radius 1 is 1.85 bits per heavy atom. The SMILES string of the molecule is COC(Cc1csc(C)n1)C(=O)O. The summed E-state index contributed by atoms with van der Waals surface area (Å²) >= 11 is 1.51. The van der Waals surface area contributed by atoms with Crippen molar-refractivity contribution in [3.8, 4) is 0 Å². The number of nitrogens with zero attached hydrogens (tertiary/aromatic N) is 1. The van der Waals surface area contributed by atoms with Crippen LogP contribution in [-0.4, -0.2) is 29.3 Å². The third-order valence-corrected chi connectivity index (χ3v) is 2.44. The van der Waals surface area contributed by atoms with Crippen molar-refractivity contribution >= 4 is 17.3 Å². The molecule has 1 atom stereocenters. The van der Waals surface area contributed by atoms with E-state index in [4.69, 9.17) is 9.84 Å². The van der Waals surface area contributed by atoms with E-state index in [2.05, 4.69) is 4.98 Å². The molecule has 0 aliphatic carbocycles. The van der Waals surface area contributed by atoms with Crippen molar-refractivity contribution in [2.75, 3.05) is 7.11 Å². The standard InChI is InChI=1S/C8H11NO3S/c1-5-9-6(4-13-5)3-7(12-2)8(10)11/h4,7H,3H2,1-2H3,(H,10,11). The van der Waals surface area contributed by atoms with Crippen molar-refractivity contribution in [3.05, 3.63) is 16.1 Å². The van der Waals surface area contributed by atoms with Crippen molar-refractivity contribution in [1.29, 1.82) is 0 Å². The number of rotatable bonds is 4. The van der Waals surface area contributed by atoms with Gasteiger partial charge in [0.05, 0.1) is 10.7 Å².